The van der Waals surface area contributed by atoms with Gasteiger partial charge in [0.1, 0.15) is 11.5 Å². The number of nitrogens with one attached hydrogen (secondary N) is 1. The molecule has 1 saturated heterocycles. The second-order valence-corrected chi connectivity index (χ2v) is 9.85. The summed E-state index contributed by atoms with van der Waals surface area (Å²) in [5.74, 6) is 0.323. The Morgan fingerprint density at radius 3 is 2.40 bits per heavy atom. The van der Waals surface area contributed by atoms with Crippen LogP contribution in [-0.2, 0) is 14.8 Å². The summed E-state index contributed by atoms with van der Waals surface area (Å²) in [4.78, 5) is 13.5. The summed E-state index contributed by atoms with van der Waals surface area (Å²) in [6.07, 6.45) is 4.75. The van der Waals surface area contributed by atoms with Crippen LogP contribution < -0.4 is 5.32 Å². The lowest BCUT2D eigenvalue weighted by atomic mass is 10.2. The minimum absolute atomic E-state index is 0.123. The van der Waals surface area contributed by atoms with Gasteiger partial charge in [-0.3, -0.25) is 4.79 Å². The molecule has 4 aromatic rings. The number of hydrogen-bond donors (Lipinski definition) is 1. The van der Waals surface area contributed by atoms with E-state index in [0.717, 1.165) is 18.4 Å². The molecule has 3 heterocycles. The highest BCUT2D eigenvalue weighted by Crippen LogP contribution is 2.24. The number of sulfonamides is 1. The molecule has 1 aliphatic heterocycles. The van der Waals surface area contributed by atoms with Gasteiger partial charge in [-0.05, 0) is 59.7 Å². The van der Waals surface area contributed by atoms with E-state index in [1.54, 1.807) is 24.3 Å². The first-order chi connectivity index (χ1) is 17.0. The zero-order valence-corrected chi connectivity index (χ0v) is 19.4. The van der Waals surface area contributed by atoms with Crippen LogP contribution in [0.5, 0.6) is 0 Å². The van der Waals surface area contributed by atoms with Gasteiger partial charge in [-0.15, -0.1) is 5.10 Å². The van der Waals surface area contributed by atoms with Crippen LogP contribution in [0.25, 0.3) is 23.2 Å². The molecule has 1 amide bonds. The predicted octanol–water partition coefficient (Wildman–Crippen LogP) is 3.35. The summed E-state index contributed by atoms with van der Waals surface area (Å²) < 4.78 is 33.8. The lowest BCUT2D eigenvalue weighted by Crippen LogP contribution is -2.27. The minimum Gasteiger partial charge on any atom is -0.465 e. The first-order valence-corrected chi connectivity index (χ1v) is 12.5. The van der Waals surface area contributed by atoms with Crippen LogP contribution in [-0.4, -0.2) is 51.9 Å². The Labute approximate surface area is 201 Å². The molecule has 2 aromatic heterocycles. The number of carbonyl (C=O) groups excluding carboxylic acids is 1. The molecule has 0 atom stereocenters. The highest BCUT2D eigenvalue weighted by atomic mass is 32.2. The number of benzene rings is 2. The van der Waals surface area contributed by atoms with Crippen LogP contribution in [0.1, 0.15) is 18.6 Å². The third-order valence-electron chi connectivity index (χ3n) is 5.60. The SMILES string of the molecule is O=C(Nc1ccc(S(=O)(=O)N2CCCC2)cc1)C(=Cc1ccco1)n1nnnc1-c1ccccc1. The van der Waals surface area contributed by atoms with Crippen molar-refractivity contribution in [3.63, 3.8) is 0 Å². The Morgan fingerprint density at radius 2 is 1.71 bits per heavy atom. The minimum atomic E-state index is -3.54. The highest BCUT2D eigenvalue weighted by Gasteiger charge is 2.27. The highest BCUT2D eigenvalue weighted by molar-refractivity contribution is 7.89. The fourth-order valence-electron chi connectivity index (χ4n) is 3.83. The maximum atomic E-state index is 13.3. The smallest absolute Gasteiger partial charge is 0.274 e. The molecule has 0 spiro atoms. The summed E-state index contributed by atoms with van der Waals surface area (Å²) in [6.45, 7) is 1.05. The molecule has 10 nitrogen and oxygen atoms in total. The van der Waals surface area contributed by atoms with Gasteiger partial charge in [0.2, 0.25) is 10.0 Å². The average molecular weight is 491 g/mol. The average Bonchev–Trinajstić information content (AvgIpc) is 3.66. The fourth-order valence-corrected chi connectivity index (χ4v) is 5.35. The van der Waals surface area contributed by atoms with E-state index in [-0.39, 0.29) is 10.6 Å². The maximum absolute atomic E-state index is 13.3. The first-order valence-electron chi connectivity index (χ1n) is 11.0. The standard InChI is InChI=1S/C24H22N6O4S/c31-24(25-19-10-12-21(13-11-19)35(32,33)29-14-4-5-15-29)22(17-20-9-6-16-34-20)30-23(26-27-28-30)18-7-2-1-3-8-18/h1-3,6-13,16-17H,4-5,14-15H2,(H,25,31). The molecule has 35 heavy (non-hydrogen) atoms. The van der Waals surface area contributed by atoms with Crippen molar-refractivity contribution >= 4 is 33.4 Å². The summed E-state index contributed by atoms with van der Waals surface area (Å²) in [7, 11) is -3.54. The van der Waals surface area contributed by atoms with E-state index in [0.29, 0.717) is 30.4 Å². The van der Waals surface area contributed by atoms with E-state index in [1.807, 2.05) is 30.3 Å². The van der Waals surface area contributed by atoms with Crippen molar-refractivity contribution in [3.8, 4) is 11.4 Å². The molecule has 0 bridgehead atoms. The van der Waals surface area contributed by atoms with Crippen LogP contribution in [0, 0.1) is 0 Å². The molecule has 0 aliphatic carbocycles. The largest absolute Gasteiger partial charge is 0.465 e. The summed E-state index contributed by atoms with van der Waals surface area (Å²) in [5, 5.41) is 14.7. The van der Waals surface area contributed by atoms with Crippen LogP contribution in [0.4, 0.5) is 5.69 Å². The van der Waals surface area contributed by atoms with Crippen molar-refractivity contribution in [2.75, 3.05) is 18.4 Å². The molecule has 1 aliphatic rings. The van der Waals surface area contributed by atoms with Gasteiger partial charge in [0.25, 0.3) is 5.91 Å². The zero-order valence-electron chi connectivity index (χ0n) is 18.6. The van der Waals surface area contributed by atoms with Gasteiger partial charge in [-0.25, -0.2) is 8.42 Å². The summed E-state index contributed by atoms with van der Waals surface area (Å²) in [6, 6.07) is 18.8. The molecular formula is C24H22N6O4S. The van der Waals surface area contributed by atoms with Crippen LogP contribution in [0.3, 0.4) is 0 Å². The quantitative estimate of drug-likeness (QED) is 0.394. The summed E-state index contributed by atoms with van der Waals surface area (Å²) in [5.41, 5.74) is 1.28. The third-order valence-corrected chi connectivity index (χ3v) is 7.51. The second kappa shape index (κ2) is 9.65. The van der Waals surface area contributed by atoms with Gasteiger partial charge in [-0.2, -0.15) is 8.99 Å². The molecule has 1 fully saturated rings. The fraction of sp³-hybridized carbons (Fsp3) is 0.167. The van der Waals surface area contributed by atoms with E-state index >= 15 is 0 Å². The predicted molar refractivity (Wildman–Crippen MR) is 129 cm³/mol. The van der Waals surface area contributed by atoms with Crippen molar-refractivity contribution in [2.45, 2.75) is 17.7 Å². The lowest BCUT2D eigenvalue weighted by molar-refractivity contribution is -0.111. The number of furan rings is 1. The topological polar surface area (TPSA) is 123 Å². The Morgan fingerprint density at radius 1 is 0.971 bits per heavy atom. The molecule has 0 unspecified atom stereocenters. The van der Waals surface area contributed by atoms with E-state index in [2.05, 4.69) is 20.8 Å². The lowest BCUT2D eigenvalue weighted by Gasteiger charge is -2.16. The molecule has 2 aromatic carbocycles. The molecule has 0 radical (unpaired) electrons. The van der Waals surface area contributed by atoms with Crippen molar-refractivity contribution in [2.24, 2.45) is 0 Å². The number of carbonyl (C=O) groups is 1. The molecule has 178 valence electrons. The molecule has 5 rings (SSSR count). The van der Waals surface area contributed by atoms with E-state index in [4.69, 9.17) is 4.42 Å². The van der Waals surface area contributed by atoms with Gasteiger partial charge in [-0.1, -0.05) is 30.3 Å². The normalized spacial score (nSPS) is 14.8. The Kier molecular flexibility index (Phi) is 6.25. The Balaban J connectivity index is 1.44. The van der Waals surface area contributed by atoms with Crippen molar-refractivity contribution in [1.29, 1.82) is 0 Å². The molecule has 0 saturated carbocycles. The number of aromatic nitrogens is 4. The molecule has 1 N–H and O–H groups in total. The van der Waals surface area contributed by atoms with Gasteiger partial charge in [0.05, 0.1) is 11.2 Å². The van der Waals surface area contributed by atoms with E-state index in [9.17, 15) is 13.2 Å². The first kappa shape index (κ1) is 22.7. The Bertz CT molecular complexity index is 1440. The second-order valence-electron chi connectivity index (χ2n) is 7.92. The molecular weight excluding hydrogens is 468 g/mol. The van der Waals surface area contributed by atoms with Gasteiger partial charge >= 0.3 is 0 Å². The summed E-state index contributed by atoms with van der Waals surface area (Å²) >= 11 is 0. The van der Waals surface area contributed by atoms with Crippen molar-refractivity contribution < 1.29 is 17.6 Å². The number of anilines is 1. The maximum Gasteiger partial charge on any atom is 0.274 e. The van der Waals surface area contributed by atoms with Gasteiger partial charge < -0.3 is 9.73 Å². The third kappa shape index (κ3) is 4.77. The monoisotopic (exact) mass is 490 g/mol. The van der Waals surface area contributed by atoms with Gasteiger partial charge in [0, 0.05) is 30.4 Å². The van der Waals surface area contributed by atoms with Crippen LogP contribution in [0.15, 0.2) is 82.3 Å². The zero-order chi connectivity index (χ0) is 24.3. The van der Waals surface area contributed by atoms with Crippen molar-refractivity contribution in [1.82, 2.24) is 24.5 Å². The van der Waals surface area contributed by atoms with E-state index < -0.39 is 15.9 Å². The van der Waals surface area contributed by atoms with Crippen molar-refractivity contribution in [3.05, 3.63) is 78.8 Å². The van der Waals surface area contributed by atoms with Gasteiger partial charge in [0.15, 0.2) is 5.82 Å². The number of amides is 1. The number of nitrogens with zero attached hydrogens (tertiary/aromatic N) is 5. The number of tetrazole rings is 1. The molecule has 11 heteroatoms. The number of rotatable bonds is 7. The van der Waals surface area contributed by atoms with Crippen LogP contribution in [0.2, 0.25) is 0 Å². The Hall–Kier alpha value is -4.09. The van der Waals surface area contributed by atoms with E-state index in [1.165, 1.54) is 33.5 Å². The van der Waals surface area contributed by atoms with Crippen LogP contribution >= 0.6 is 0 Å². The number of hydrogen-bond acceptors (Lipinski definition) is 7.